The number of ether oxygens (including phenoxy) is 1. The minimum Gasteiger partial charge on any atom is -0.378 e. The fourth-order valence-corrected chi connectivity index (χ4v) is 3.78. The van der Waals surface area contributed by atoms with Crippen LogP contribution < -0.4 is 0 Å². The summed E-state index contributed by atoms with van der Waals surface area (Å²) in [5.74, 6) is 0.0633. The molecule has 8 heteroatoms. The van der Waals surface area contributed by atoms with Crippen LogP contribution in [0.2, 0.25) is 0 Å². The molecule has 0 bridgehead atoms. The molecule has 2 heterocycles. The molecule has 22 heavy (non-hydrogen) atoms. The Balaban J connectivity index is 1.78. The zero-order valence-electron chi connectivity index (χ0n) is 13.6. The fraction of sp³-hybridized carbons (Fsp3) is 0.786. The van der Waals surface area contributed by atoms with Crippen LogP contribution in [0.25, 0.3) is 0 Å². The van der Waals surface area contributed by atoms with Gasteiger partial charge >= 0.3 is 0 Å². The number of rotatable bonds is 7. The summed E-state index contributed by atoms with van der Waals surface area (Å²) in [5.41, 5.74) is 1.16. The second-order valence-corrected chi connectivity index (χ2v) is 8.02. The zero-order valence-corrected chi connectivity index (χ0v) is 14.4. The first-order valence-corrected chi connectivity index (χ1v) is 9.27. The smallest absolute Gasteiger partial charge is 0.216 e. The lowest BCUT2D eigenvalue weighted by molar-refractivity contribution is 0.0902. The van der Waals surface area contributed by atoms with Gasteiger partial charge in [0.15, 0.2) is 0 Å². The first-order chi connectivity index (χ1) is 10.4. The summed E-state index contributed by atoms with van der Waals surface area (Å²) < 4.78 is 33.2. The number of nitrogens with zero attached hydrogens (tertiary/aromatic N) is 4. The predicted octanol–water partition coefficient (Wildman–Crippen LogP) is 0.293. The van der Waals surface area contributed by atoms with Gasteiger partial charge in [-0.15, -0.1) is 0 Å². The van der Waals surface area contributed by atoms with Crippen molar-refractivity contribution in [3.05, 3.63) is 18.0 Å². The van der Waals surface area contributed by atoms with E-state index < -0.39 is 10.0 Å². The van der Waals surface area contributed by atoms with E-state index in [1.165, 1.54) is 0 Å². The van der Waals surface area contributed by atoms with Crippen molar-refractivity contribution in [2.24, 2.45) is 7.05 Å². The van der Waals surface area contributed by atoms with Crippen molar-refractivity contribution in [2.75, 3.05) is 38.5 Å². The van der Waals surface area contributed by atoms with E-state index in [9.17, 15) is 8.42 Å². The lowest BCUT2D eigenvalue weighted by Gasteiger charge is -2.33. The van der Waals surface area contributed by atoms with Crippen molar-refractivity contribution in [3.63, 3.8) is 0 Å². The molecule has 0 atom stereocenters. The number of hydrogen-bond acceptors (Lipinski definition) is 5. The van der Waals surface area contributed by atoms with Crippen LogP contribution in [0, 0.1) is 0 Å². The van der Waals surface area contributed by atoms with Crippen LogP contribution in [0.1, 0.15) is 19.4 Å². The first kappa shape index (κ1) is 17.4. The van der Waals surface area contributed by atoms with Gasteiger partial charge in [0.2, 0.25) is 10.0 Å². The quantitative estimate of drug-likeness (QED) is 0.719. The molecule has 1 aromatic heterocycles. The summed E-state index contributed by atoms with van der Waals surface area (Å²) in [6.07, 6.45) is 3.91. The van der Waals surface area contributed by atoms with Gasteiger partial charge in [-0.2, -0.15) is 9.40 Å². The Bertz CT molecular complexity index is 562. The Hall–Kier alpha value is -0.960. The minimum absolute atomic E-state index is 0.0616. The molecule has 1 fully saturated rings. The zero-order chi connectivity index (χ0) is 16.2. The van der Waals surface area contributed by atoms with Crippen LogP contribution in [0.15, 0.2) is 12.4 Å². The largest absolute Gasteiger partial charge is 0.378 e. The molecule has 0 saturated carbocycles. The normalized spacial score (nSPS) is 18.2. The molecule has 0 aromatic carbocycles. The minimum atomic E-state index is -3.21. The third-order valence-electron chi connectivity index (χ3n) is 3.68. The summed E-state index contributed by atoms with van der Waals surface area (Å²) in [4.78, 5) is 2.26. The fourth-order valence-electron chi connectivity index (χ4n) is 2.50. The monoisotopic (exact) mass is 330 g/mol. The van der Waals surface area contributed by atoms with Crippen LogP contribution in [-0.4, -0.2) is 72.0 Å². The van der Waals surface area contributed by atoms with Crippen molar-refractivity contribution in [1.82, 2.24) is 19.0 Å². The van der Waals surface area contributed by atoms with Crippen LogP contribution in [0.4, 0.5) is 0 Å². The van der Waals surface area contributed by atoms with Crippen LogP contribution in [-0.2, 0) is 28.4 Å². The van der Waals surface area contributed by atoms with E-state index in [1.54, 1.807) is 8.99 Å². The second-order valence-electron chi connectivity index (χ2n) is 5.93. The van der Waals surface area contributed by atoms with E-state index in [-0.39, 0.29) is 18.5 Å². The lowest BCUT2D eigenvalue weighted by atomic mass is 10.3. The Morgan fingerprint density at radius 1 is 1.27 bits per heavy atom. The van der Waals surface area contributed by atoms with Gasteiger partial charge in [0.05, 0.1) is 24.7 Å². The summed E-state index contributed by atoms with van der Waals surface area (Å²) in [6.45, 7) is 7.48. The van der Waals surface area contributed by atoms with E-state index >= 15 is 0 Å². The molecule has 126 valence electrons. The van der Waals surface area contributed by atoms with Gasteiger partial charge in [0, 0.05) is 51.5 Å². The van der Waals surface area contributed by atoms with Crippen molar-refractivity contribution in [1.29, 1.82) is 0 Å². The van der Waals surface area contributed by atoms with Gasteiger partial charge in [-0.1, -0.05) is 0 Å². The number of sulfonamides is 1. The van der Waals surface area contributed by atoms with E-state index in [4.69, 9.17) is 4.74 Å². The number of aromatic nitrogens is 2. The van der Waals surface area contributed by atoms with Gasteiger partial charge < -0.3 is 4.74 Å². The van der Waals surface area contributed by atoms with Crippen LogP contribution in [0.5, 0.6) is 0 Å². The molecule has 0 amide bonds. The SMILES string of the molecule is CC(C)OCCS(=O)(=O)N1CCN(Cc2cnn(C)c2)CC1. The van der Waals surface area contributed by atoms with Gasteiger partial charge in [-0.3, -0.25) is 9.58 Å². The lowest BCUT2D eigenvalue weighted by Crippen LogP contribution is -2.49. The van der Waals surface area contributed by atoms with E-state index in [0.717, 1.165) is 25.2 Å². The van der Waals surface area contributed by atoms with Crippen molar-refractivity contribution < 1.29 is 13.2 Å². The molecule has 0 unspecified atom stereocenters. The molecule has 1 aromatic rings. The second kappa shape index (κ2) is 7.54. The molecule has 1 aliphatic heterocycles. The third-order valence-corrected chi connectivity index (χ3v) is 5.52. The standard InChI is InChI=1S/C14H26N4O3S/c1-13(2)21-8-9-22(19,20)18-6-4-17(5-7-18)12-14-10-15-16(3)11-14/h10-11,13H,4-9,12H2,1-3H3. The Labute approximate surface area is 132 Å². The van der Waals surface area contributed by atoms with Crippen LogP contribution >= 0.6 is 0 Å². The maximum atomic E-state index is 12.2. The van der Waals surface area contributed by atoms with E-state index in [0.29, 0.717) is 13.1 Å². The summed E-state index contributed by atoms with van der Waals surface area (Å²) in [7, 11) is -1.31. The van der Waals surface area contributed by atoms with Crippen molar-refractivity contribution in [3.8, 4) is 0 Å². The summed E-state index contributed by atoms with van der Waals surface area (Å²) in [6, 6.07) is 0. The maximum absolute atomic E-state index is 12.2. The number of aryl methyl sites for hydroxylation is 1. The van der Waals surface area contributed by atoms with Gasteiger partial charge in [-0.25, -0.2) is 8.42 Å². The molecule has 7 nitrogen and oxygen atoms in total. The molecule has 1 saturated heterocycles. The van der Waals surface area contributed by atoms with E-state index in [2.05, 4.69) is 10.00 Å². The van der Waals surface area contributed by atoms with Gasteiger partial charge in [-0.05, 0) is 13.8 Å². The summed E-state index contributed by atoms with van der Waals surface area (Å²) >= 11 is 0. The molecule has 0 radical (unpaired) electrons. The Morgan fingerprint density at radius 2 is 1.95 bits per heavy atom. The highest BCUT2D eigenvalue weighted by atomic mass is 32.2. The maximum Gasteiger partial charge on any atom is 0.216 e. The molecule has 1 aliphatic rings. The molecule has 0 aliphatic carbocycles. The number of hydrogen-bond donors (Lipinski definition) is 0. The topological polar surface area (TPSA) is 67.7 Å². The Morgan fingerprint density at radius 3 is 2.50 bits per heavy atom. The van der Waals surface area contributed by atoms with Crippen LogP contribution in [0.3, 0.4) is 0 Å². The molecule has 2 rings (SSSR count). The average molecular weight is 330 g/mol. The van der Waals surface area contributed by atoms with Crippen molar-refractivity contribution in [2.45, 2.75) is 26.5 Å². The summed E-state index contributed by atoms with van der Waals surface area (Å²) in [5, 5.41) is 4.15. The molecular weight excluding hydrogens is 304 g/mol. The number of piperazine rings is 1. The Kier molecular flexibility index (Phi) is 5.96. The average Bonchev–Trinajstić information content (AvgIpc) is 2.84. The highest BCUT2D eigenvalue weighted by Gasteiger charge is 2.26. The highest BCUT2D eigenvalue weighted by Crippen LogP contribution is 2.11. The molecule has 0 N–H and O–H groups in total. The molecule has 0 spiro atoms. The first-order valence-electron chi connectivity index (χ1n) is 7.66. The van der Waals surface area contributed by atoms with E-state index in [1.807, 2.05) is 33.3 Å². The van der Waals surface area contributed by atoms with Gasteiger partial charge in [0.25, 0.3) is 0 Å². The molecular formula is C14H26N4O3S. The predicted molar refractivity (Wildman–Crippen MR) is 84.9 cm³/mol. The van der Waals surface area contributed by atoms with Gasteiger partial charge in [0.1, 0.15) is 0 Å². The third kappa shape index (κ3) is 5.05. The highest BCUT2D eigenvalue weighted by molar-refractivity contribution is 7.89. The van der Waals surface area contributed by atoms with Crippen molar-refractivity contribution >= 4 is 10.0 Å².